The number of anilines is 1. The summed E-state index contributed by atoms with van der Waals surface area (Å²) in [5.41, 5.74) is 4.10. The molecule has 0 bridgehead atoms. The molecule has 0 saturated carbocycles. The molecule has 17 heavy (non-hydrogen) atoms. The van der Waals surface area contributed by atoms with E-state index in [4.69, 9.17) is 5.84 Å². The van der Waals surface area contributed by atoms with E-state index >= 15 is 0 Å². The number of carbonyl (C=O) groups is 1. The van der Waals surface area contributed by atoms with Crippen LogP contribution in [-0.2, 0) is 0 Å². The van der Waals surface area contributed by atoms with Gasteiger partial charge >= 0.3 is 0 Å². The maximum atomic E-state index is 11.8. The predicted octanol–water partition coefficient (Wildman–Crippen LogP) is 2.14. The van der Waals surface area contributed by atoms with Crippen LogP contribution in [0.2, 0.25) is 0 Å². The summed E-state index contributed by atoms with van der Waals surface area (Å²) in [6, 6.07) is 7.06. The third-order valence-corrected chi connectivity index (χ3v) is 3.00. The number of nitrogen functional groups attached to an aromatic ring is 1. The number of nitrogens with two attached hydrogens (primary N) is 1. The van der Waals surface area contributed by atoms with Crippen molar-refractivity contribution in [3.05, 3.63) is 29.8 Å². The maximum Gasteiger partial charge on any atom is 0.251 e. The molecule has 0 aliphatic heterocycles. The van der Waals surface area contributed by atoms with E-state index < -0.39 is 0 Å². The van der Waals surface area contributed by atoms with Gasteiger partial charge in [0, 0.05) is 17.8 Å². The van der Waals surface area contributed by atoms with Crippen LogP contribution in [-0.4, -0.2) is 12.5 Å². The van der Waals surface area contributed by atoms with Crippen LogP contribution < -0.4 is 16.6 Å². The lowest BCUT2D eigenvalue weighted by Gasteiger charge is -2.22. The van der Waals surface area contributed by atoms with Crippen LogP contribution in [0.1, 0.15) is 37.6 Å². The summed E-state index contributed by atoms with van der Waals surface area (Å²) < 4.78 is 0. The highest BCUT2D eigenvalue weighted by Gasteiger charge is 2.16. The van der Waals surface area contributed by atoms with Crippen LogP contribution in [0.25, 0.3) is 0 Å². The molecule has 0 atom stereocenters. The van der Waals surface area contributed by atoms with Gasteiger partial charge in [0.25, 0.3) is 5.91 Å². The molecular weight excluding hydrogens is 214 g/mol. The molecule has 0 aliphatic rings. The Morgan fingerprint density at radius 2 is 1.88 bits per heavy atom. The minimum Gasteiger partial charge on any atom is -0.352 e. The van der Waals surface area contributed by atoms with Crippen molar-refractivity contribution in [2.24, 2.45) is 11.3 Å². The zero-order chi connectivity index (χ0) is 12.9. The molecule has 4 heteroatoms. The van der Waals surface area contributed by atoms with Crippen molar-refractivity contribution in [3.8, 4) is 0 Å². The number of hydrazine groups is 1. The highest BCUT2D eigenvalue weighted by molar-refractivity contribution is 5.94. The lowest BCUT2D eigenvalue weighted by Crippen LogP contribution is -2.33. The summed E-state index contributed by atoms with van der Waals surface area (Å²) in [7, 11) is 0. The molecule has 0 fully saturated rings. The highest BCUT2D eigenvalue weighted by Crippen LogP contribution is 2.18. The summed E-state index contributed by atoms with van der Waals surface area (Å²) >= 11 is 0. The van der Waals surface area contributed by atoms with Crippen molar-refractivity contribution >= 4 is 11.6 Å². The van der Waals surface area contributed by atoms with Crippen LogP contribution in [0, 0.1) is 5.41 Å². The lowest BCUT2D eigenvalue weighted by atomic mass is 9.90. The molecule has 0 spiro atoms. The van der Waals surface area contributed by atoms with E-state index in [2.05, 4.69) is 31.5 Å². The van der Waals surface area contributed by atoms with Gasteiger partial charge in [-0.1, -0.05) is 20.8 Å². The zero-order valence-corrected chi connectivity index (χ0v) is 10.7. The van der Waals surface area contributed by atoms with Crippen LogP contribution in [0.4, 0.5) is 5.69 Å². The van der Waals surface area contributed by atoms with Gasteiger partial charge in [0.15, 0.2) is 0 Å². The molecule has 1 aromatic carbocycles. The van der Waals surface area contributed by atoms with E-state index in [9.17, 15) is 4.79 Å². The van der Waals surface area contributed by atoms with Crippen molar-refractivity contribution in [3.63, 3.8) is 0 Å². The average molecular weight is 235 g/mol. The SMILES string of the molecule is CCC(C)(C)CNC(=O)c1ccc(NN)cc1. The fraction of sp³-hybridized carbons (Fsp3) is 0.462. The second-order valence-corrected chi connectivity index (χ2v) is 4.92. The van der Waals surface area contributed by atoms with Gasteiger partial charge in [0.05, 0.1) is 0 Å². The number of hydrogen-bond donors (Lipinski definition) is 3. The van der Waals surface area contributed by atoms with Crippen molar-refractivity contribution in [1.29, 1.82) is 0 Å². The Labute approximate surface area is 103 Å². The molecule has 1 aromatic rings. The summed E-state index contributed by atoms with van der Waals surface area (Å²) in [5, 5.41) is 2.94. The van der Waals surface area contributed by atoms with Crippen molar-refractivity contribution in [2.75, 3.05) is 12.0 Å². The molecule has 0 aromatic heterocycles. The first-order valence-electron chi connectivity index (χ1n) is 5.83. The van der Waals surface area contributed by atoms with E-state index in [1.165, 1.54) is 0 Å². The molecule has 1 rings (SSSR count). The monoisotopic (exact) mass is 235 g/mol. The van der Waals surface area contributed by atoms with Crippen molar-refractivity contribution < 1.29 is 4.79 Å². The number of amides is 1. The normalized spacial score (nSPS) is 11.1. The Hall–Kier alpha value is -1.55. The minimum atomic E-state index is -0.0462. The zero-order valence-electron chi connectivity index (χ0n) is 10.7. The van der Waals surface area contributed by atoms with Gasteiger partial charge in [-0.3, -0.25) is 10.6 Å². The molecular formula is C13H21N3O. The van der Waals surface area contributed by atoms with Gasteiger partial charge in [-0.05, 0) is 36.1 Å². The second kappa shape index (κ2) is 5.68. The van der Waals surface area contributed by atoms with Gasteiger partial charge in [0.1, 0.15) is 0 Å². The van der Waals surface area contributed by atoms with Gasteiger partial charge in [-0.15, -0.1) is 0 Å². The first-order chi connectivity index (χ1) is 7.98. The van der Waals surface area contributed by atoms with Gasteiger partial charge in [-0.2, -0.15) is 0 Å². The summed E-state index contributed by atoms with van der Waals surface area (Å²) in [6.45, 7) is 7.07. The van der Waals surface area contributed by atoms with E-state index in [1.54, 1.807) is 24.3 Å². The van der Waals surface area contributed by atoms with Crippen LogP contribution in [0.3, 0.4) is 0 Å². The standard InChI is InChI=1S/C13H21N3O/c1-4-13(2,3)9-15-12(17)10-5-7-11(16-14)8-6-10/h5-8,16H,4,9,14H2,1-3H3,(H,15,17). The number of hydrogen-bond acceptors (Lipinski definition) is 3. The molecule has 4 nitrogen and oxygen atoms in total. The Bertz CT molecular complexity index is 371. The van der Waals surface area contributed by atoms with E-state index in [0.717, 1.165) is 12.1 Å². The third kappa shape index (κ3) is 4.07. The number of carbonyl (C=O) groups excluding carboxylic acids is 1. The number of nitrogens with one attached hydrogen (secondary N) is 2. The molecule has 0 aliphatic carbocycles. The predicted molar refractivity (Wildman–Crippen MR) is 70.7 cm³/mol. The third-order valence-electron chi connectivity index (χ3n) is 3.00. The molecule has 0 unspecified atom stereocenters. The Balaban J connectivity index is 2.58. The first-order valence-corrected chi connectivity index (χ1v) is 5.83. The van der Waals surface area contributed by atoms with E-state index in [0.29, 0.717) is 12.1 Å². The largest absolute Gasteiger partial charge is 0.352 e. The molecule has 0 saturated heterocycles. The molecule has 4 N–H and O–H groups in total. The topological polar surface area (TPSA) is 67.2 Å². The van der Waals surface area contributed by atoms with Crippen LogP contribution in [0.15, 0.2) is 24.3 Å². The number of benzene rings is 1. The molecule has 0 radical (unpaired) electrons. The fourth-order valence-corrected chi connectivity index (χ4v) is 1.26. The minimum absolute atomic E-state index is 0.0462. The molecule has 94 valence electrons. The van der Waals surface area contributed by atoms with Crippen LogP contribution >= 0.6 is 0 Å². The van der Waals surface area contributed by atoms with Gasteiger partial charge < -0.3 is 10.7 Å². The average Bonchev–Trinajstić information content (AvgIpc) is 2.36. The Morgan fingerprint density at radius 1 is 1.29 bits per heavy atom. The quantitative estimate of drug-likeness (QED) is 0.541. The van der Waals surface area contributed by atoms with Crippen LogP contribution in [0.5, 0.6) is 0 Å². The molecule has 0 heterocycles. The van der Waals surface area contributed by atoms with Gasteiger partial charge in [0.2, 0.25) is 0 Å². The first kappa shape index (κ1) is 13.5. The van der Waals surface area contributed by atoms with E-state index in [-0.39, 0.29) is 11.3 Å². The Kier molecular flexibility index (Phi) is 4.52. The highest BCUT2D eigenvalue weighted by atomic mass is 16.1. The summed E-state index contributed by atoms with van der Waals surface area (Å²) in [5.74, 6) is 5.21. The summed E-state index contributed by atoms with van der Waals surface area (Å²) in [6.07, 6.45) is 1.03. The summed E-state index contributed by atoms with van der Waals surface area (Å²) in [4.78, 5) is 11.8. The lowest BCUT2D eigenvalue weighted by molar-refractivity contribution is 0.0936. The maximum absolute atomic E-state index is 11.8. The van der Waals surface area contributed by atoms with E-state index in [1.807, 2.05) is 0 Å². The number of rotatable bonds is 5. The van der Waals surface area contributed by atoms with Gasteiger partial charge in [-0.25, -0.2) is 0 Å². The second-order valence-electron chi connectivity index (χ2n) is 4.92. The smallest absolute Gasteiger partial charge is 0.251 e. The van der Waals surface area contributed by atoms with Crippen molar-refractivity contribution in [2.45, 2.75) is 27.2 Å². The molecule has 1 amide bonds. The fourth-order valence-electron chi connectivity index (χ4n) is 1.26. The van der Waals surface area contributed by atoms with Crippen molar-refractivity contribution in [1.82, 2.24) is 5.32 Å². The Morgan fingerprint density at radius 3 is 2.35 bits per heavy atom.